The third kappa shape index (κ3) is 4.39. The van der Waals surface area contributed by atoms with Gasteiger partial charge >= 0.3 is 10.1 Å². The smallest absolute Gasteiger partial charge is 0.339 e. The minimum Gasteiger partial charge on any atom is -0.375 e. The van der Waals surface area contributed by atoms with Crippen LogP contribution in [-0.4, -0.2) is 22.5 Å². The summed E-state index contributed by atoms with van der Waals surface area (Å²) in [4.78, 5) is 14.4. The van der Waals surface area contributed by atoms with Crippen LogP contribution >= 0.6 is 0 Å². The predicted octanol–water partition coefficient (Wildman–Crippen LogP) is 3.31. The molecule has 0 radical (unpaired) electrons. The molecule has 2 rings (SSSR count). The lowest BCUT2D eigenvalue weighted by Crippen LogP contribution is -2.20. The Morgan fingerprint density at radius 3 is 2.12 bits per heavy atom. The van der Waals surface area contributed by atoms with Crippen LogP contribution in [0.15, 0.2) is 52.2 Å². The van der Waals surface area contributed by atoms with Crippen molar-refractivity contribution in [1.82, 2.24) is 0 Å². The molecule has 0 N–H and O–H groups in total. The highest BCUT2D eigenvalue weighted by atomic mass is 32.2. The standard InChI is InChI=1S/C19H23NO4S/c1-13(2)15-8-11-17(20(4)5)19(21)18(12-15)24-25(22,23)16-9-6-14(3)7-10-16/h6-13H,1-5H3. The fraction of sp³-hybridized carbons (Fsp3) is 0.316. The molecule has 6 heteroatoms. The Labute approximate surface area is 149 Å². The molecule has 0 fully saturated rings. The Hall–Kier alpha value is -2.34. The minimum absolute atomic E-state index is 0.0153. The predicted molar refractivity (Wildman–Crippen MR) is 100 cm³/mol. The molecule has 0 aliphatic heterocycles. The van der Waals surface area contributed by atoms with E-state index in [2.05, 4.69) is 0 Å². The number of benzene rings is 1. The van der Waals surface area contributed by atoms with Crippen LogP contribution in [0, 0.1) is 6.92 Å². The van der Waals surface area contributed by atoms with E-state index >= 15 is 0 Å². The van der Waals surface area contributed by atoms with Crippen molar-refractivity contribution in [2.75, 3.05) is 19.0 Å². The van der Waals surface area contributed by atoms with Gasteiger partial charge < -0.3 is 9.08 Å². The number of hydrogen-bond donors (Lipinski definition) is 0. The van der Waals surface area contributed by atoms with E-state index in [-0.39, 0.29) is 16.6 Å². The third-order valence-electron chi connectivity index (χ3n) is 3.85. The van der Waals surface area contributed by atoms with Gasteiger partial charge in [0.15, 0.2) is 5.75 Å². The first-order valence-corrected chi connectivity index (χ1v) is 9.39. The molecule has 25 heavy (non-hydrogen) atoms. The highest BCUT2D eigenvalue weighted by Crippen LogP contribution is 2.22. The van der Waals surface area contributed by atoms with Crippen molar-refractivity contribution in [2.24, 2.45) is 0 Å². The first kappa shape index (κ1) is 19.0. The van der Waals surface area contributed by atoms with Crippen molar-refractivity contribution in [1.29, 1.82) is 0 Å². The quantitative estimate of drug-likeness (QED) is 0.765. The molecule has 0 bridgehead atoms. The second kappa shape index (κ2) is 7.27. The van der Waals surface area contributed by atoms with Crippen LogP contribution < -0.4 is 14.5 Å². The van der Waals surface area contributed by atoms with Gasteiger partial charge in [0, 0.05) is 14.1 Å². The van der Waals surface area contributed by atoms with Crippen molar-refractivity contribution in [2.45, 2.75) is 31.6 Å². The Morgan fingerprint density at radius 2 is 1.60 bits per heavy atom. The van der Waals surface area contributed by atoms with Gasteiger partial charge in [0.2, 0.25) is 5.43 Å². The molecule has 0 aliphatic carbocycles. The van der Waals surface area contributed by atoms with E-state index in [0.717, 1.165) is 11.1 Å². The molecule has 0 atom stereocenters. The molecule has 0 aliphatic rings. The first-order valence-electron chi connectivity index (χ1n) is 7.98. The van der Waals surface area contributed by atoms with E-state index in [1.54, 1.807) is 37.2 Å². The molecule has 0 unspecified atom stereocenters. The van der Waals surface area contributed by atoms with Gasteiger partial charge in [-0.05, 0) is 42.7 Å². The van der Waals surface area contributed by atoms with Gasteiger partial charge in [-0.2, -0.15) is 8.42 Å². The highest BCUT2D eigenvalue weighted by Gasteiger charge is 2.20. The molecule has 5 nitrogen and oxygen atoms in total. The maximum atomic E-state index is 12.7. The van der Waals surface area contributed by atoms with Gasteiger partial charge in [-0.15, -0.1) is 0 Å². The first-order chi connectivity index (χ1) is 11.6. The van der Waals surface area contributed by atoms with Crippen LogP contribution in [0.25, 0.3) is 0 Å². The summed E-state index contributed by atoms with van der Waals surface area (Å²) in [6.45, 7) is 5.79. The zero-order valence-corrected chi connectivity index (χ0v) is 15.9. The summed E-state index contributed by atoms with van der Waals surface area (Å²) < 4.78 is 30.3. The molecule has 134 valence electrons. The summed E-state index contributed by atoms with van der Waals surface area (Å²) >= 11 is 0. The second-order valence-corrected chi connectivity index (χ2v) is 8.00. The van der Waals surface area contributed by atoms with Crippen molar-refractivity contribution in [3.63, 3.8) is 0 Å². The summed E-state index contributed by atoms with van der Waals surface area (Å²) in [5.74, 6) is -0.0794. The number of anilines is 1. The van der Waals surface area contributed by atoms with Gasteiger partial charge in [-0.25, -0.2) is 0 Å². The normalized spacial score (nSPS) is 11.4. The molecule has 0 heterocycles. The maximum Gasteiger partial charge on any atom is 0.339 e. The Bertz CT molecular complexity index is 917. The molecule has 2 aromatic rings. The van der Waals surface area contributed by atoms with Gasteiger partial charge in [0.1, 0.15) is 4.90 Å². The molecule has 0 aromatic heterocycles. The van der Waals surface area contributed by atoms with E-state index in [4.69, 9.17) is 4.18 Å². The summed E-state index contributed by atoms with van der Waals surface area (Å²) in [6, 6.07) is 11.3. The minimum atomic E-state index is -4.09. The maximum absolute atomic E-state index is 12.7. The lowest BCUT2D eigenvalue weighted by Gasteiger charge is -2.10. The molecular weight excluding hydrogens is 338 g/mol. The lowest BCUT2D eigenvalue weighted by molar-refractivity contribution is 0.484. The zero-order chi connectivity index (χ0) is 18.8. The lowest BCUT2D eigenvalue weighted by atomic mass is 10.1. The highest BCUT2D eigenvalue weighted by molar-refractivity contribution is 7.87. The van der Waals surface area contributed by atoms with E-state index in [9.17, 15) is 13.2 Å². The average molecular weight is 361 g/mol. The fourth-order valence-corrected chi connectivity index (χ4v) is 3.21. The topological polar surface area (TPSA) is 63.7 Å². The number of rotatable bonds is 5. The van der Waals surface area contributed by atoms with Gasteiger partial charge in [0.25, 0.3) is 0 Å². The summed E-state index contributed by atoms with van der Waals surface area (Å²) in [6.07, 6.45) is 0. The second-order valence-electron chi connectivity index (χ2n) is 6.46. The number of nitrogens with zero attached hydrogens (tertiary/aromatic N) is 1. The summed E-state index contributed by atoms with van der Waals surface area (Å²) in [5.41, 5.74) is 1.65. The molecule has 0 amide bonds. The van der Waals surface area contributed by atoms with E-state index in [1.807, 2.05) is 26.8 Å². The van der Waals surface area contributed by atoms with E-state index in [1.165, 1.54) is 18.2 Å². The molecular formula is C19H23NO4S. The van der Waals surface area contributed by atoms with Crippen molar-refractivity contribution < 1.29 is 12.6 Å². The number of hydrogen-bond acceptors (Lipinski definition) is 5. The van der Waals surface area contributed by atoms with Crippen LogP contribution in [0.4, 0.5) is 5.69 Å². The van der Waals surface area contributed by atoms with Gasteiger partial charge in [-0.1, -0.05) is 37.6 Å². The van der Waals surface area contributed by atoms with Crippen LogP contribution in [0.1, 0.15) is 30.9 Å². The van der Waals surface area contributed by atoms with Crippen molar-refractivity contribution in [3.05, 3.63) is 63.8 Å². The third-order valence-corrected chi connectivity index (χ3v) is 5.09. The van der Waals surface area contributed by atoms with Gasteiger partial charge in [0.05, 0.1) is 5.69 Å². The van der Waals surface area contributed by atoms with Crippen molar-refractivity contribution in [3.8, 4) is 5.75 Å². The van der Waals surface area contributed by atoms with Crippen LogP contribution in [0.2, 0.25) is 0 Å². The van der Waals surface area contributed by atoms with Gasteiger partial charge in [-0.3, -0.25) is 4.79 Å². The Balaban J connectivity index is 2.59. The van der Waals surface area contributed by atoms with E-state index < -0.39 is 15.5 Å². The molecule has 0 saturated heterocycles. The average Bonchev–Trinajstić information content (AvgIpc) is 2.67. The molecule has 0 spiro atoms. The van der Waals surface area contributed by atoms with Crippen molar-refractivity contribution >= 4 is 15.8 Å². The molecule has 0 saturated carbocycles. The zero-order valence-electron chi connectivity index (χ0n) is 15.1. The Morgan fingerprint density at radius 1 is 1.00 bits per heavy atom. The fourth-order valence-electron chi connectivity index (χ4n) is 2.29. The van der Waals surface area contributed by atoms with Crippen LogP contribution in [0.3, 0.4) is 0 Å². The summed E-state index contributed by atoms with van der Waals surface area (Å²) in [7, 11) is -0.634. The monoisotopic (exact) mass is 361 g/mol. The Kier molecular flexibility index (Phi) is 5.52. The summed E-state index contributed by atoms with van der Waals surface area (Å²) in [5, 5.41) is 0. The molecule has 2 aromatic carbocycles. The number of aryl methyl sites for hydroxylation is 1. The SMILES string of the molecule is Cc1ccc(S(=O)(=O)Oc2cc(C(C)C)ccc(N(C)C)c2=O)cc1. The van der Waals surface area contributed by atoms with Crippen LogP contribution in [-0.2, 0) is 10.1 Å². The van der Waals surface area contributed by atoms with Crippen LogP contribution in [0.5, 0.6) is 5.75 Å². The largest absolute Gasteiger partial charge is 0.375 e. The van der Waals surface area contributed by atoms with E-state index in [0.29, 0.717) is 5.69 Å².